The first-order valence-electron chi connectivity index (χ1n) is 3.95. The van der Waals surface area contributed by atoms with E-state index in [-0.39, 0.29) is 0 Å². The van der Waals surface area contributed by atoms with E-state index in [9.17, 15) is 4.79 Å². The van der Waals surface area contributed by atoms with Crippen LogP contribution in [0.4, 0.5) is 0 Å². The van der Waals surface area contributed by atoms with Crippen LogP contribution in [0.15, 0.2) is 30.6 Å². The van der Waals surface area contributed by atoms with Crippen molar-refractivity contribution in [2.45, 2.75) is 0 Å². The molecule has 2 aromatic rings. The molecule has 0 atom stereocenters. The number of aromatic nitrogens is 1. The van der Waals surface area contributed by atoms with Crippen LogP contribution < -0.4 is 4.74 Å². The van der Waals surface area contributed by atoms with E-state index >= 15 is 0 Å². The molecule has 0 aliphatic carbocycles. The lowest BCUT2D eigenvalue weighted by atomic mass is 10.3. The van der Waals surface area contributed by atoms with Crippen LogP contribution in [-0.4, -0.2) is 17.8 Å². The predicted octanol–water partition coefficient (Wildman–Crippen LogP) is 1.76. The highest BCUT2D eigenvalue weighted by Gasteiger charge is 2.00. The van der Waals surface area contributed by atoms with Crippen molar-refractivity contribution in [2.75, 3.05) is 7.11 Å². The summed E-state index contributed by atoms with van der Waals surface area (Å²) in [5.41, 5.74) is 1.60. The fourth-order valence-electron chi connectivity index (χ4n) is 1.33. The van der Waals surface area contributed by atoms with Crippen LogP contribution in [0.3, 0.4) is 0 Å². The van der Waals surface area contributed by atoms with Crippen molar-refractivity contribution in [3.8, 4) is 5.75 Å². The van der Waals surface area contributed by atoms with Crippen LogP contribution in [0.2, 0.25) is 0 Å². The van der Waals surface area contributed by atoms with Crippen LogP contribution in [-0.2, 0) is 0 Å². The van der Waals surface area contributed by atoms with Gasteiger partial charge in [-0.05, 0) is 18.2 Å². The summed E-state index contributed by atoms with van der Waals surface area (Å²) in [5, 5.41) is 0. The van der Waals surface area contributed by atoms with Crippen molar-refractivity contribution in [3.63, 3.8) is 0 Å². The van der Waals surface area contributed by atoms with Gasteiger partial charge in [0, 0.05) is 11.8 Å². The monoisotopic (exact) mass is 175 g/mol. The van der Waals surface area contributed by atoms with E-state index in [1.807, 2.05) is 28.9 Å². The number of hydrogen-bond donors (Lipinski definition) is 0. The second-order valence-corrected chi connectivity index (χ2v) is 2.75. The van der Waals surface area contributed by atoms with Crippen molar-refractivity contribution in [1.29, 1.82) is 0 Å². The highest BCUT2D eigenvalue weighted by atomic mass is 16.5. The van der Waals surface area contributed by atoms with Crippen LogP contribution in [0.25, 0.3) is 5.52 Å². The van der Waals surface area contributed by atoms with Gasteiger partial charge < -0.3 is 9.14 Å². The molecule has 0 aliphatic rings. The summed E-state index contributed by atoms with van der Waals surface area (Å²) < 4.78 is 6.92. The average Bonchev–Trinajstić information content (AvgIpc) is 2.59. The fourth-order valence-corrected chi connectivity index (χ4v) is 1.33. The maximum atomic E-state index is 10.6. The molecule has 0 amide bonds. The molecule has 2 heterocycles. The summed E-state index contributed by atoms with van der Waals surface area (Å²) in [6, 6.07) is 5.48. The van der Waals surface area contributed by atoms with Gasteiger partial charge in [0.2, 0.25) is 0 Å². The molecule has 0 spiro atoms. The van der Waals surface area contributed by atoms with Gasteiger partial charge in [0.25, 0.3) is 0 Å². The molecule has 0 radical (unpaired) electrons. The molecule has 3 heteroatoms. The van der Waals surface area contributed by atoms with Gasteiger partial charge in [-0.15, -0.1) is 0 Å². The Labute approximate surface area is 75.6 Å². The van der Waals surface area contributed by atoms with E-state index in [1.54, 1.807) is 13.2 Å². The van der Waals surface area contributed by atoms with Crippen LogP contribution >= 0.6 is 0 Å². The van der Waals surface area contributed by atoms with E-state index < -0.39 is 0 Å². The Bertz CT molecular complexity index is 445. The van der Waals surface area contributed by atoms with Crippen molar-refractivity contribution in [2.24, 2.45) is 0 Å². The second-order valence-electron chi connectivity index (χ2n) is 2.75. The third kappa shape index (κ3) is 1.18. The molecule has 0 N–H and O–H groups in total. The zero-order valence-corrected chi connectivity index (χ0v) is 7.23. The molecule has 3 nitrogen and oxygen atoms in total. The van der Waals surface area contributed by atoms with Crippen molar-refractivity contribution < 1.29 is 9.53 Å². The Morgan fingerprint density at radius 2 is 2.23 bits per heavy atom. The number of nitrogens with zero attached hydrogens (tertiary/aromatic N) is 1. The molecule has 13 heavy (non-hydrogen) atoms. The fraction of sp³-hybridized carbons (Fsp3) is 0.100. The number of fused-ring (bicyclic) bond motifs is 1. The molecule has 2 aromatic heterocycles. The third-order valence-electron chi connectivity index (χ3n) is 2.02. The minimum Gasteiger partial charge on any atom is -0.495 e. The van der Waals surface area contributed by atoms with Crippen molar-refractivity contribution in [3.05, 3.63) is 36.2 Å². The number of carbonyl (C=O) groups is 1. The van der Waals surface area contributed by atoms with Gasteiger partial charge in [-0.25, -0.2) is 0 Å². The molecule has 0 unspecified atom stereocenters. The molecule has 66 valence electrons. The minimum absolute atomic E-state index is 0.697. The highest BCUT2D eigenvalue weighted by molar-refractivity contribution is 5.86. The molecule has 0 aromatic carbocycles. The highest BCUT2D eigenvalue weighted by Crippen LogP contribution is 2.16. The van der Waals surface area contributed by atoms with E-state index in [0.717, 1.165) is 17.6 Å². The van der Waals surface area contributed by atoms with Crippen LogP contribution in [0.5, 0.6) is 5.75 Å². The quantitative estimate of drug-likeness (QED) is 0.651. The molecule has 2 rings (SSSR count). The zero-order valence-electron chi connectivity index (χ0n) is 7.23. The zero-order chi connectivity index (χ0) is 9.26. The Hall–Kier alpha value is -1.77. The average molecular weight is 175 g/mol. The number of rotatable bonds is 2. The van der Waals surface area contributed by atoms with Gasteiger partial charge in [0.1, 0.15) is 5.75 Å². The predicted molar refractivity (Wildman–Crippen MR) is 49.3 cm³/mol. The molecule has 0 fully saturated rings. The van der Waals surface area contributed by atoms with E-state index in [1.165, 1.54) is 0 Å². The number of pyridine rings is 1. The first kappa shape index (κ1) is 7.86. The third-order valence-corrected chi connectivity index (χ3v) is 2.02. The lowest BCUT2D eigenvalue weighted by molar-refractivity contribution is 0.112. The largest absolute Gasteiger partial charge is 0.495 e. The van der Waals surface area contributed by atoms with Gasteiger partial charge in [-0.1, -0.05) is 0 Å². The van der Waals surface area contributed by atoms with Gasteiger partial charge in [-0.3, -0.25) is 4.79 Å². The van der Waals surface area contributed by atoms with Gasteiger partial charge >= 0.3 is 0 Å². The summed E-state index contributed by atoms with van der Waals surface area (Å²) in [7, 11) is 1.62. The maximum Gasteiger partial charge on any atom is 0.152 e. The summed E-state index contributed by atoms with van der Waals surface area (Å²) in [4.78, 5) is 10.6. The standard InChI is InChI=1S/C10H9NO2/c1-13-9-2-3-10-8(7-12)4-5-11(10)6-9/h2-7H,1H3. The smallest absolute Gasteiger partial charge is 0.152 e. The number of carbonyl (C=O) groups excluding carboxylic acids is 1. The second kappa shape index (κ2) is 2.94. The van der Waals surface area contributed by atoms with Crippen molar-refractivity contribution in [1.82, 2.24) is 4.40 Å². The van der Waals surface area contributed by atoms with Crippen LogP contribution in [0, 0.1) is 0 Å². The number of hydrogen-bond acceptors (Lipinski definition) is 2. The normalized spacial score (nSPS) is 10.2. The van der Waals surface area contributed by atoms with E-state index in [4.69, 9.17) is 4.74 Å². The van der Waals surface area contributed by atoms with E-state index in [0.29, 0.717) is 5.56 Å². The number of methoxy groups -OCH3 is 1. The van der Waals surface area contributed by atoms with Gasteiger partial charge in [0.15, 0.2) is 6.29 Å². The molecule has 0 saturated carbocycles. The Morgan fingerprint density at radius 3 is 2.92 bits per heavy atom. The summed E-state index contributed by atoms with van der Waals surface area (Å²) in [5.74, 6) is 0.778. The molecular weight excluding hydrogens is 166 g/mol. The minimum atomic E-state index is 0.697. The molecule has 0 saturated heterocycles. The SMILES string of the molecule is COc1ccc2c(C=O)ccn2c1. The molecule has 0 bridgehead atoms. The Kier molecular flexibility index (Phi) is 1.77. The first-order valence-corrected chi connectivity index (χ1v) is 3.95. The first-order chi connectivity index (χ1) is 6.35. The van der Waals surface area contributed by atoms with Crippen LogP contribution in [0.1, 0.15) is 10.4 Å². The maximum absolute atomic E-state index is 10.6. The number of aldehydes is 1. The summed E-state index contributed by atoms with van der Waals surface area (Å²) in [6.07, 6.45) is 4.52. The summed E-state index contributed by atoms with van der Waals surface area (Å²) >= 11 is 0. The molecular formula is C10H9NO2. The van der Waals surface area contributed by atoms with Crippen molar-refractivity contribution >= 4 is 11.8 Å². The lowest BCUT2D eigenvalue weighted by Gasteiger charge is -2.00. The van der Waals surface area contributed by atoms with Gasteiger partial charge in [-0.2, -0.15) is 0 Å². The van der Waals surface area contributed by atoms with E-state index in [2.05, 4.69) is 0 Å². The topological polar surface area (TPSA) is 30.7 Å². The Balaban J connectivity index is 2.67. The summed E-state index contributed by atoms with van der Waals surface area (Å²) in [6.45, 7) is 0. The Morgan fingerprint density at radius 1 is 1.38 bits per heavy atom. The number of ether oxygens (including phenoxy) is 1. The molecule has 0 aliphatic heterocycles. The van der Waals surface area contributed by atoms with Gasteiger partial charge in [0.05, 0.1) is 18.8 Å². The lowest BCUT2D eigenvalue weighted by Crippen LogP contribution is -1.87.